The molecule has 8 heteroatoms. The van der Waals surface area contributed by atoms with Crippen LogP contribution in [0.15, 0.2) is 17.2 Å². The lowest BCUT2D eigenvalue weighted by atomic mass is 10.3. The van der Waals surface area contributed by atoms with Gasteiger partial charge < -0.3 is 15.0 Å². The van der Waals surface area contributed by atoms with Gasteiger partial charge in [-0.25, -0.2) is 13.1 Å². The minimum Gasteiger partial charge on any atom is -0.374 e. The molecule has 1 aliphatic heterocycles. The zero-order chi connectivity index (χ0) is 15.5. The number of nitrogens with two attached hydrogens (primary N) is 1. The standard InChI is InChI=1S/C13H24N4O3S/c1-3-17-4-5-20-12(9-17)8-15-21(18,19)13-6-11(7-14)16(2)10-13/h6,10,12,15H,3-5,7-9,14H2,1-2H3. The third kappa shape index (κ3) is 4.04. The number of nitrogens with zero attached hydrogens (tertiary/aromatic N) is 2. The molecule has 2 heterocycles. The van der Waals surface area contributed by atoms with Crippen molar-refractivity contribution in [1.29, 1.82) is 0 Å². The predicted octanol–water partition coefficient (Wildman–Crippen LogP) is -0.517. The Labute approximate surface area is 126 Å². The van der Waals surface area contributed by atoms with Gasteiger partial charge in [-0.2, -0.15) is 0 Å². The number of hydrogen-bond acceptors (Lipinski definition) is 5. The molecule has 0 saturated carbocycles. The summed E-state index contributed by atoms with van der Waals surface area (Å²) in [4.78, 5) is 2.49. The maximum absolute atomic E-state index is 12.3. The molecule has 0 aromatic carbocycles. The third-order valence-corrected chi connectivity index (χ3v) is 5.16. The van der Waals surface area contributed by atoms with Crippen molar-refractivity contribution in [2.75, 3.05) is 32.8 Å². The van der Waals surface area contributed by atoms with Gasteiger partial charge in [0, 0.05) is 45.1 Å². The van der Waals surface area contributed by atoms with Crippen molar-refractivity contribution in [3.05, 3.63) is 18.0 Å². The smallest absolute Gasteiger partial charge is 0.242 e. The van der Waals surface area contributed by atoms with E-state index in [1.165, 1.54) is 0 Å². The molecular weight excluding hydrogens is 292 g/mol. The molecule has 2 rings (SSSR count). The number of nitrogens with one attached hydrogen (secondary N) is 1. The first-order chi connectivity index (χ1) is 9.96. The van der Waals surface area contributed by atoms with E-state index in [9.17, 15) is 8.42 Å². The van der Waals surface area contributed by atoms with Crippen LogP contribution in [0.5, 0.6) is 0 Å². The van der Waals surface area contributed by atoms with E-state index in [-0.39, 0.29) is 17.5 Å². The molecule has 0 spiro atoms. The number of aromatic nitrogens is 1. The Morgan fingerprint density at radius 1 is 1.52 bits per heavy atom. The quantitative estimate of drug-likeness (QED) is 0.737. The molecule has 0 radical (unpaired) electrons. The second-order valence-electron chi connectivity index (χ2n) is 5.22. The normalized spacial score (nSPS) is 20.8. The number of aryl methyl sites for hydroxylation is 1. The largest absolute Gasteiger partial charge is 0.374 e. The van der Waals surface area contributed by atoms with Crippen molar-refractivity contribution in [2.24, 2.45) is 12.8 Å². The number of morpholine rings is 1. The molecule has 1 fully saturated rings. The Kier molecular flexibility index (Phi) is 5.39. The summed E-state index contributed by atoms with van der Waals surface area (Å²) in [6.07, 6.45) is 1.47. The summed E-state index contributed by atoms with van der Waals surface area (Å²) in [5, 5.41) is 0. The highest BCUT2D eigenvalue weighted by Crippen LogP contribution is 2.13. The molecule has 3 N–H and O–H groups in total. The van der Waals surface area contributed by atoms with Gasteiger partial charge in [-0.3, -0.25) is 4.90 Å². The lowest BCUT2D eigenvalue weighted by molar-refractivity contribution is -0.0229. The molecule has 1 aromatic rings. The van der Waals surface area contributed by atoms with Gasteiger partial charge in [0.2, 0.25) is 10.0 Å². The second kappa shape index (κ2) is 6.89. The summed E-state index contributed by atoms with van der Waals surface area (Å²) in [6.45, 7) is 5.92. The number of rotatable bonds is 6. The van der Waals surface area contributed by atoms with Crippen LogP contribution < -0.4 is 10.5 Å². The Morgan fingerprint density at radius 2 is 2.29 bits per heavy atom. The Hall–Kier alpha value is -0.930. The number of hydrogen-bond donors (Lipinski definition) is 2. The Morgan fingerprint density at radius 3 is 2.90 bits per heavy atom. The molecule has 1 aliphatic rings. The Bertz CT molecular complexity index is 570. The first-order valence-electron chi connectivity index (χ1n) is 7.15. The maximum atomic E-state index is 12.3. The molecule has 1 unspecified atom stereocenters. The average molecular weight is 316 g/mol. The summed E-state index contributed by atoms with van der Waals surface area (Å²) in [6, 6.07) is 1.60. The number of sulfonamides is 1. The van der Waals surface area contributed by atoms with Gasteiger partial charge in [-0.05, 0) is 12.6 Å². The third-order valence-electron chi connectivity index (χ3n) is 3.77. The van der Waals surface area contributed by atoms with Gasteiger partial charge in [0.15, 0.2) is 0 Å². The van der Waals surface area contributed by atoms with E-state index in [4.69, 9.17) is 10.5 Å². The lowest BCUT2D eigenvalue weighted by Crippen LogP contribution is -2.47. The van der Waals surface area contributed by atoms with Gasteiger partial charge in [0.05, 0.1) is 17.6 Å². The highest BCUT2D eigenvalue weighted by Gasteiger charge is 2.23. The van der Waals surface area contributed by atoms with Crippen LogP contribution in [-0.4, -0.2) is 56.8 Å². The van der Waals surface area contributed by atoms with Crippen molar-refractivity contribution >= 4 is 10.0 Å². The number of likely N-dealkylation sites (N-methyl/N-ethyl adjacent to an activating group) is 1. The van der Waals surface area contributed by atoms with Crippen LogP contribution >= 0.6 is 0 Å². The molecule has 1 aromatic heterocycles. The van der Waals surface area contributed by atoms with Gasteiger partial charge in [-0.1, -0.05) is 6.92 Å². The zero-order valence-electron chi connectivity index (χ0n) is 12.6. The Balaban J connectivity index is 1.97. The minimum absolute atomic E-state index is 0.105. The first-order valence-corrected chi connectivity index (χ1v) is 8.63. The van der Waals surface area contributed by atoms with Crippen molar-refractivity contribution in [3.8, 4) is 0 Å². The minimum atomic E-state index is -3.52. The van der Waals surface area contributed by atoms with Crippen LogP contribution in [0.25, 0.3) is 0 Å². The summed E-state index contributed by atoms with van der Waals surface area (Å²) in [7, 11) is -1.74. The van der Waals surface area contributed by atoms with Gasteiger partial charge in [0.1, 0.15) is 0 Å². The molecule has 120 valence electrons. The molecular formula is C13H24N4O3S. The molecule has 21 heavy (non-hydrogen) atoms. The van der Waals surface area contributed by atoms with E-state index in [0.717, 1.165) is 25.3 Å². The van der Waals surface area contributed by atoms with Crippen molar-refractivity contribution in [1.82, 2.24) is 14.2 Å². The van der Waals surface area contributed by atoms with Crippen molar-refractivity contribution < 1.29 is 13.2 Å². The summed E-state index contributed by atoms with van der Waals surface area (Å²) in [5.41, 5.74) is 6.35. The summed E-state index contributed by atoms with van der Waals surface area (Å²) in [5.74, 6) is 0. The van der Waals surface area contributed by atoms with Crippen molar-refractivity contribution in [2.45, 2.75) is 24.5 Å². The molecule has 0 bridgehead atoms. The maximum Gasteiger partial charge on any atom is 0.242 e. The highest BCUT2D eigenvalue weighted by atomic mass is 32.2. The lowest BCUT2D eigenvalue weighted by Gasteiger charge is -2.32. The van der Waals surface area contributed by atoms with E-state index in [1.54, 1.807) is 23.9 Å². The summed E-state index contributed by atoms with van der Waals surface area (Å²) >= 11 is 0. The van der Waals surface area contributed by atoms with Gasteiger partial charge in [0.25, 0.3) is 0 Å². The molecule has 0 aliphatic carbocycles. The van der Waals surface area contributed by atoms with Crippen LogP contribution in [0.2, 0.25) is 0 Å². The predicted molar refractivity (Wildman–Crippen MR) is 80.3 cm³/mol. The van der Waals surface area contributed by atoms with Crippen LogP contribution in [0.3, 0.4) is 0 Å². The van der Waals surface area contributed by atoms with E-state index in [1.807, 2.05) is 0 Å². The second-order valence-corrected chi connectivity index (χ2v) is 6.99. The molecule has 1 atom stereocenters. The summed E-state index contributed by atoms with van der Waals surface area (Å²) < 4.78 is 34.5. The van der Waals surface area contributed by atoms with Crippen LogP contribution in [-0.2, 0) is 28.4 Å². The van der Waals surface area contributed by atoms with Gasteiger partial charge >= 0.3 is 0 Å². The fourth-order valence-electron chi connectivity index (χ4n) is 2.40. The van der Waals surface area contributed by atoms with Crippen LogP contribution in [0, 0.1) is 0 Å². The van der Waals surface area contributed by atoms with Gasteiger partial charge in [-0.15, -0.1) is 0 Å². The topological polar surface area (TPSA) is 89.6 Å². The van der Waals surface area contributed by atoms with E-state index >= 15 is 0 Å². The fourth-order valence-corrected chi connectivity index (χ4v) is 3.56. The van der Waals surface area contributed by atoms with E-state index in [0.29, 0.717) is 13.2 Å². The highest BCUT2D eigenvalue weighted by molar-refractivity contribution is 7.89. The van der Waals surface area contributed by atoms with E-state index < -0.39 is 10.0 Å². The first kappa shape index (κ1) is 16.4. The SMILES string of the molecule is CCN1CCOC(CNS(=O)(=O)c2cc(CN)n(C)c2)C1. The monoisotopic (exact) mass is 316 g/mol. The molecule has 1 saturated heterocycles. The number of ether oxygens (including phenoxy) is 1. The molecule has 0 amide bonds. The van der Waals surface area contributed by atoms with Crippen molar-refractivity contribution in [3.63, 3.8) is 0 Å². The van der Waals surface area contributed by atoms with Crippen LogP contribution in [0.4, 0.5) is 0 Å². The average Bonchev–Trinajstić information content (AvgIpc) is 2.87. The zero-order valence-corrected chi connectivity index (χ0v) is 13.4. The van der Waals surface area contributed by atoms with Crippen LogP contribution in [0.1, 0.15) is 12.6 Å². The fraction of sp³-hybridized carbons (Fsp3) is 0.692. The van der Waals surface area contributed by atoms with E-state index in [2.05, 4.69) is 16.5 Å². The molecule has 7 nitrogen and oxygen atoms in total.